The van der Waals surface area contributed by atoms with Crippen LogP contribution in [-0.4, -0.2) is 46.1 Å². The Labute approximate surface area is 181 Å². The van der Waals surface area contributed by atoms with Gasteiger partial charge in [-0.3, -0.25) is 9.59 Å². The van der Waals surface area contributed by atoms with Crippen LogP contribution in [0.5, 0.6) is 0 Å². The third-order valence-corrected chi connectivity index (χ3v) is 8.26. The van der Waals surface area contributed by atoms with Crippen LogP contribution in [0.15, 0.2) is 0 Å². The van der Waals surface area contributed by atoms with Gasteiger partial charge < -0.3 is 20.1 Å². The van der Waals surface area contributed by atoms with Gasteiger partial charge in [0.05, 0.1) is 25.0 Å². The summed E-state index contributed by atoms with van der Waals surface area (Å²) in [4.78, 5) is 22.7. The number of aliphatic hydroxyl groups is 2. The zero-order valence-electron chi connectivity index (χ0n) is 19.3. The molecule has 0 radical (unpaired) electrons. The molecule has 30 heavy (non-hydrogen) atoms. The van der Waals surface area contributed by atoms with Crippen molar-refractivity contribution in [1.29, 1.82) is 0 Å². The maximum absolute atomic E-state index is 12.0. The number of esters is 1. The van der Waals surface area contributed by atoms with Crippen molar-refractivity contribution in [3.05, 3.63) is 0 Å². The Morgan fingerprint density at radius 2 is 1.80 bits per heavy atom. The highest BCUT2D eigenvalue weighted by Crippen LogP contribution is 2.63. The van der Waals surface area contributed by atoms with Gasteiger partial charge in [0.25, 0.3) is 0 Å². The first-order valence-electron chi connectivity index (χ1n) is 11.7. The van der Waals surface area contributed by atoms with E-state index in [1.54, 1.807) is 0 Å². The van der Waals surface area contributed by atoms with E-state index in [2.05, 4.69) is 20.8 Å². The fraction of sp³-hybridized carbons (Fsp3) is 0.917. The van der Waals surface area contributed by atoms with Gasteiger partial charge in [-0.15, -0.1) is 0 Å². The molecule has 0 bridgehead atoms. The van der Waals surface area contributed by atoms with Crippen LogP contribution in [0.4, 0.5) is 0 Å². The SMILES string of the molecule is CC(CCO)CCC1C(C)(O)CCC2C(C)(COC(=O)CCC(=O)O)CCCC12C. The number of carbonyl (C=O) groups excluding carboxylic acids is 1. The van der Waals surface area contributed by atoms with Gasteiger partial charge in [-0.1, -0.05) is 33.6 Å². The molecule has 2 aliphatic rings. The second-order valence-corrected chi connectivity index (χ2v) is 10.8. The molecule has 174 valence electrons. The number of ether oxygens (including phenoxy) is 1. The number of aliphatic hydroxyl groups excluding tert-OH is 1. The fourth-order valence-corrected chi connectivity index (χ4v) is 6.59. The van der Waals surface area contributed by atoms with Crippen molar-refractivity contribution in [3.63, 3.8) is 0 Å². The van der Waals surface area contributed by atoms with Gasteiger partial charge in [0.1, 0.15) is 0 Å². The number of carbonyl (C=O) groups is 2. The largest absolute Gasteiger partial charge is 0.481 e. The van der Waals surface area contributed by atoms with Gasteiger partial charge >= 0.3 is 11.9 Å². The molecule has 2 fully saturated rings. The topological polar surface area (TPSA) is 104 Å². The van der Waals surface area contributed by atoms with E-state index in [-0.39, 0.29) is 36.2 Å². The van der Waals surface area contributed by atoms with E-state index in [4.69, 9.17) is 9.84 Å². The zero-order valence-corrected chi connectivity index (χ0v) is 19.3. The van der Waals surface area contributed by atoms with Crippen molar-refractivity contribution in [2.75, 3.05) is 13.2 Å². The van der Waals surface area contributed by atoms with E-state index in [1.807, 2.05) is 6.92 Å². The Hall–Kier alpha value is -1.14. The predicted molar refractivity (Wildman–Crippen MR) is 115 cm³/mol. The van der Waals surface area contributed by atoms with Gasteiger partial charge in [0.15, 0.2) is 0 Å². The third kappa shape index (κ3) is 5.76. The number of fused-ring (bicyclic) bond motifs is 1. The number of aliphatic carboxylic acids is 1. The summed E-state index contributed by atoms with van der Waals surface area (Å²) in [6.07, 6.45) is 7.17. The lowest BCUT2D eigenvalue weighted by Gasteiger charge is -2.61. The molecule has 2 rings (SSSR count). The summed E-state index contributed by atoms with van der Waals surface area (Å²) in [6, 6.07) is 0. The second-order valence-electron chi connectivity index (χ2n) is 10.8. The van der Waals surface area contributed by atoms with Crippen molar-refractivity contribution in [2.24, 2.45) is 28.6 Å². The van der Waals surface area contributed by atoms with Gasteiger partial charge in [0, 0.05) is 12.0 Å². The van der Waals surface area contributed by atoms with Crippen LogP contribution in [0, 0.1) is 28.6 Å². The molecule has 0 aromatic carbocycles. The first-order valence-corrected chi connectivity index (χ1v) is 11.7. The Kier molecular flexibility index (Phi) is 8.36. The highest BCUT2D eigenvalue weighted by Gasteiger charge is 2.59. The van der Waals surface area contributed by atoms with Crippen molar-refractivity contribution < 1.29 is 29.6 Å². The van der Waals surface area contributed by atoms with Crippen LogP contribution in [0.1, 0.15) is 91.9 Å². The molecule has 6 nitrogen and oxygen atoms in total. The van der Waals surface area contributed by atoms with Crippen molar-refractivity contribution in [1.82, 2.24) is 0 Å². The molecule has 6 heteroatoms. The fourth-order valence-electron chi connectivity index (χ4n) is 6.59. The highest BCUT2D eigenvalue weighted by atomic mass is 16.5. The van der Waals surface area contributed by atoms with E-state index in [1.165, 1.54) is 0 Å². The Morgan fingerprint density at radius 1 is 1.10 bits per heavy atom. The maximum Gasteiger partial charge on any atom is 0.306 e. The lowest BCUT2D eigenvalue weighted by molar-refractivity contribution is -0.188. The first-order chi connectivity index (χ1) is 13.9. The zero-order chi connectivity index (χ0) is 22.6. The molecule has 0 heterocycles. The lowest BCUT2D eigenvalue weighted by atomic mass is 9.45. The molecular weight excluding hydrogens is 384 g/mol. The van der Waals surface area contributed by atoms with Crippen molar-refractivity contribution in [2.45, 2.75) is 97.5 Å². The normalized spacial score (nSPS) is 37.3. The Balaban J connectivity index is 2.13. The third-order valence-electron chi connectivity index (χ3n) is 8.26. The van der Waals surface area contributed by atoms with E-state index in [0.717, 1.165) is 51.4 Å². The smallest absolute Gasteiger partial charge is 0.306 e. The monoisotopic (exact) mass is 426 g/mol. The Morgan fingerprint density at radius 3 is 2.43 bits per heavy atom. The molecule has 0 saturated heterocycles. The van der Waals surface area contributed by atoms with Gasteiger partial charge in [-0.2, -0.15) is 0 Å². The average Bonchev–Trinajstić information content (AvgIpc) is 2.63. The summed E-state index contributed by atoms with van der Waals surface area (Å²) in [6.45, 7) is 9.18. The number of rotatable bonds is 10. The molecular formula is C24H42O6. The molecule has 6 unspecified atom stereocenters. The predicted octanol–water partition coefficient (Wildman–Crippen LogP) is 4.17. The van der Waals surface area contributed by atoms with E-state index in [0.29, 0.717) is 18.4 Å². The summed E-state index contributed by atoms with van der Waals surface area (Å²) in [7, 11) is 0. The lowest BCUT2D eigenvalue weighted by Crippen LogP contribution is -2.59. The van der Waals surface area contributed by atoms with Crippen LogP contribution in [0.3, 0.4) is 0 Å². The number of hydrogen-bond acceptors (Lipinski definition) is 5. The van der Waals surface area contributed by atoms with E-state index < -0.39 is 17.5 Å². The van der Waals surface area contributed by atoms with Gasteiger partial charge in [-0.05, 0) is 68.6 Å². The minimum atomic E-state index is -0.990. The highest BCUT2D eigenvalue weighted by molar-refractivity contribution is 5.76. The van der Waals surface area contributed by atoms with Gasteiger partial charge in [0.2, 0.25) is 0 Å². The Bertz CT molecular complexity index is 603. The molecule has 0 spiro atoms. The minimum Gasteiger partial charge on any atom is -0.481 e. The number of carboxylic acid groups (broad SMARTS) is 1. The molecule has 2 saturated carbocycles. The second kappa shape index (κ2) is 9.99. The number of carboxylic acids is 1. The maximum atomic E-state index is 12.0. The molecule has 0 amide bonds. The van der Waals surface area contributed by atoms with Crippen LogP contribution in [0.2, 0.25) is 0 Å². The van der Waals surface area contributed by atoms with Crippen LogP contribution in [0.25, 0.3) is 0 Å². The van der Waals surface area contributed by atoms with Crippen molar-refractivity contribution >= 4 is 11.9 Å². The molecule has 2 aliphatic carbocycles. The molecule has 0 aliphatic heterocycles. The first kappa shape index (κ1) is 25.1. The molecule has 0 aromatic rings. The number of hydrogen-bond donors (Lipinski definition) is 3. The van der Waals surface area contributed by atoms with Crippen LogP contribution < -0.4 is 0 Å². The molecule has 6 atom stereocenters. The van der Waals surface area contributed by atoms with E-state index >= 15 is 0 Å². The quantitative estimate of drug-likeness (QED) is 0.453. The standard InChI is InChI=1S/C24H42O6/c1-17(11-15-25)6-7-19-23(3)13-5-12-22(2,18(23)10-14-24(19,4)29)16-30-21(28)9-8-20(26)27/h17-19,25,29H,5-16H2,1-4H3,(H,26,27). The summed E-state index contributed by atoms with van der Waals surface area (Å²) in [5.41, 5.74) is -0.890. The minimum absolute atomic E-state index is 0.0266. The van der Waals surface area contributed by atoms with Gasteiger partial charge in [-0.25, -0.2) is 0 Å². The summed E-state index contributed by atoms with van der Waals surface area (Å²) < 4.78 is 5.55. The van der Waals surface area contributed by atoms with Crippen LogP contribution >= 0.6 is 0 Å². The van der Waals surface area contributed by atoms with Crippen molar-refractivity contribution in [3.8, 4) is 0 Å². The van der Waals surface area contributed by atoms with E-state index in [9.17, 15) is 19.8 Å². The summed E-state index contributed by atoms with van der Waals surface area (Å²) >= 11 is 0. The summed E-state index contributed by atoms with van der Waals surface area (Å²) in [5.74, 6) is -0.476. The van der Waals surface area contributed by atoms with Crippen LogP contribution in [-0.2, 0) is 14.3 Å². The molecule has 3 N–H and O–H groups in total. The molecule has 0 aromatic heterocycles. The average molecular weight is 427 g/mol. The summed E-state index contributed by atoms with van der Waals surface area (Å²) in [5, 5.41) is 29.3.